The third-order valence-corrected chi connectivity index (χ3v) is 5.97. The van der Waals surface area contributed by atoms with Crippen molar-refractivity contribution in [3.63, 3.8) is 0 Å². The summed E-state index contributed by atoms with van der Waals surface area (Å²) in [6, 6.07) is 8.98. The van der Waals surface area contributed by atoms with Gasteiger partial charge in [0.25, 0.3) is 5.56 Å². The molecule has 0 saturated heterocycles. The number of hydrogen-bond donors (Lipinski definition) is 0. The lowest BCUT2D eigenvalue weighted by atomic mass is 10.1. The summed E-state index contributed by atoms with van der Waals surface area (Å²) in [7, 11) is 1.55. The van der Waals surface area contributed by atoms with Gasteiger partial charge in [-0.1, -0.05) is 35.7 Å². The number of benzene rings is 2. The molecule has 0 unspecified atom stereocenters. The molecule has 0 aliphatic rings. The van der Waals surface area contributed by atoms with Gasteiger partial charge in [0.2, 0.25) is 0 Å². The van der Waals surface area contributed by atoms with Crippen LogP contribution in [-0.2, 0) is 0 Å². The summed E-state index contributed by atoms with van der Waals surface area (Å²) in [6.45, 7) is 4.20. The number of rotatable bonds is 7. The molecule has 0 aliphatic heterocycles. The molecular formula is C23H21Br2N3O3. The van der Waals surface area contributed by atoms with Crippen molar-refractivity contribution in [2.24, 2.45) is 5.10 Å². The van der Waals surface area contributed by atoms with Gasteiger partial charge in [-0.3, -0.25) is 4.79 Å². The van der Waals surface area contributed by atoms with Crippen LogP contribution in [0.4, 0.5) is 0 Å². The largest absolute Gasteiger partial charge is 0.493 e. The van der Waals surface area contributed by atoms with Gasteiger partial charge in [0.15, 0.2) is 11.5 Å². The van der Waals surface area contributed by atoms with Crippen LogP contribution in [0.15, 0.2) is 49.2 Å². The fourth-order valence-corrected chi connectivity index (χ4v) is 3.73. The first-order chi connectivity index (χ1) is 14.9. The highest BCUT2D eigenvalue weighted by atomic mass is 79.9. The number of halogens is 2. The summed E-state index contributed by atoms with van der Waals surface area (Å²) in [5.41, 5.74) is 1.13. The van der Waals surface area contributed by atoms with E-state index < -0.39 is 0 Å². The van der Waals surface area contributed by atoms with E-state index in [1.807, 2.05) is 26.0 Å². The van der Waals surface area contributed by atoms with Gasteiger partial charge in [0, 0.05) is 20.4 Å². The molecule has 0 spiro atoms. The van der Waals surface area contributed by atoms with E-state index in [0.717, 1.165) is 15.4 Å². The molecular weight excluding hydrogens is 526 g/mol. The quantitative estimate of drug-likeness (QED) is 0.296. The second-order valence-electron chi connectivity index (χ2n) is 6.82. The van der Waals surface area contributed by atoms with Crippen molar-refractivity contribution >= 4 is 49.0 Å². The molecule has 8 heteroatoms. The molecule has 160 valence electrons. The molecule has 0 fully saturated rings. The number of hydrogen-bond acceptors (Lipinski definition) is 5. The predicted octanol–water partition coefficient (Wildman–Crippen LogP) is 5.34. The van der Waals surface area contributed by atoms with Crippen LogP contribution in [0.2, 0.25) is 0 Å². The van der Waals surface area contributed by atoms with Gasteiger partial charge in [-0.25, -0.2) is 4.98 Å². The van der Waals surface area contributed by atoms with Crippen LogP contribution in [0.1, 0.15) is 37.6 Å². The van der Waals surface area contributed by atoms with Crippen molar-refractivity contribution in [3.8, 4) is 23.8 Å². The predicted molar refractivity (Wildman–Crippen MR) is 130 cm³/mol. The van der Waals surface area contributed by atoms with Crippen LogP contribution < -0.4 is 15.0 Å². The van der Waals surface area contributed by atoms with Crippen LogP contribution in [0.5, 0.6) is 11.5 Å². The van der Waals surface area contributed by atoms with Crippen LogP contribution in [0.3, 0.4) is 0 Å². The molecule has 0 aliphatic carbocycles. The lowest BCUT2D eigenvalue weighted by molar-refractivity contribution is 0.330. The van der Waals surface area contributed by atoms with E-state index in [4.69, 9.17) is 20.9 Å². The van der Waals surface area contributed by atoms with Crippen LogP contribution >= 0.6 is 31.9 Å². The third-order valence-electron chi connectivity index (χ3n) is 4.79. The van der Waals surface area contributed by atoms with Gasteiger partial charge in [-0.2, -0.15) is 9.78 Å². The van der Waals surface area contributed by atoms with Crippen molar-refractivity contribution in [3.05, 3.63) is 61.0 Å². The Morgan fingerprint density at radius 2 is 2.06 bits per heavy atom. The number of ether oxygens (including phenoxy) is 2. The summed E-state index contributed by atoms with van der Waals surface area (Å²) in [4.78, 5) is 18.0. The van der Waals surface area contributed by atoms with Crippen molar-refractivity contribution in [1.29, 1.82) is 0 Å². The fourth-order valence-electron chi connectivity index (χ4n) is 2.94. The molecule has 3 aromatic rings. The van der Waals surface area contributed by atoms with Gasteiger partial charge in [0.1, 0.15) is 12.4 Å². The molecule has 1 aromatic heterocycles. The molecule has 0 radical (unpaired) electrons. The second-order valence-corrected chi connectivity index (χ2v) is 8.59. The van der Waals surface area contributed by atoms with Crippen LogP contribution in [0.25, 0.3) is 10.9 Å². The molecule has 6 nitrogen and oxygen atoms in total. The Bertz CT molecular complexity index is 1250. The number of methoxy groups -OCH3 is 1. The lowest BCUT2D eigenvalue weighted by Crippen LogP contribution is -2.23. The molecule has 0 amide bonds. The molecule has 0 saturated carbocycles. The Kier molecular flexibility index (Phi) is 7.52. The van der Waals surface area contributed by atoms with E-state index in [1.54, 1.807) is 31.5 Å². The van der Waals surface area contributed by atoms with E-state index in [2.05, 4.69) is 42.9 Å². The molecule has 0 bridgehead atoms. The van der Waals surface area contributed by atoms with E-state index in [9.17, 15) is 4.79 Å². The first-order valence-corrected chi connectivity index (χ1v) is 11.2. The minimum Gasteiger partial charge on any atom is -0.493 e. The first kappa shape index (κ1) is 23.0. The van der Waals surface area contributed by atoms with E-state index in [1.165, 1.54) is 4.68 Å². The fraction of sp³-hybridized carbons (Fsp3) is 0.261. The SMILES string of the molecule is C#CCOc1cc(Br)c(C=Nn2c([C@H](C)CC)nc3ccc(Br)cc3c2=O)cc1OC. The second kappa shape index (κ2) is 10.1. The third kappa shape index (κ3) is 5.00. The van der Waals surface area contributed by atoms with Gasteiger partial charge in [-0.05, 0) is 52.7 Å². The minimum absolute atomic E-state index is 0.0513. The van der Waals surface area contributed by atoms with Gasteiger partial charge < -0.3 is 9.47 Å². The molecule has 0 N–H and O–H groups in total. The average molecular weight is 547 g/mol. The summed E-state index contributed by atoms with van der Waals surface area (Å²) in [5, 5.41) is 4.99. The number of terminal acetylenes is 1. The minimum atomic E-state index is -0.227. The Morgan fingerprint density at radius 1 is 1.29 bits per heavy atom. The van der Waals surface area contributed by atoms with Crippen molar-refractivity contribution in [1.82, 2.24) is 9.66 Å². The zero-order valence-corrected chi connectivity index (χ0v) is 20.5. The molecule has 1 heterocycles. The van der Waals surface area contributed by atoms with Crippen molar-refractivity contribution in [2.45, 2.75) is 26.2 Å². The topological polar surface area (TPSA) is 65.7 Å². The molecule has 3 rings (SSSR count). The first-order valence-electron chi connectivity index (χ1n) is 9.59. The highest BCUT2D eigenvalue weighted by Crippen LogP contribution is 2.33. The highest BCUT2D eigenvalue weighted by molar-refractivity contribution is 9.10. The zero-order valence-electron chi connectivity index (χ0n) is 17.4. The smallest absolute Gasteiger partial charge is 0.282 e. The zero-order chi connectivity index (χ0) is 22.5. The number of fused-ring (bicyclic) bond motifs is 1. The summed E-state index contributed by atoms with van der Waals surface area (Å²) >= 11 is 6.94. The molecule has 31 heavy (non-hydrogen) atoms. The lowest BCUT2D eigenvalue weighted by Gasteiger charge is -2.14. The Hall–Kier alpha value is -2.63. The van der Waals surface area contributed by atoms with Gasteiger partial charge >= 0.3 is 0 Å². The van der Waals surface area contributed by atoms with Gasteiger partial charge in [-0.15, -0.1) is 6.42 Å². The maximum atomic E-state index is 13.2. The van der Waals surface area contributed by atoms with Crippen molar-refractivity contribution < 1.29 is 9.47 Å². The van der Waals surface area contributed by atoms with Gasteiger partial charge in [0.05, 0.1) is 24.2 Å². The Labute approximate surface area is 197 Å². The Morgan fingerprint density at radius 3 is 2.74 bits per heavy atom. The number of nitrogens with zero attached hydrogens (tertiary/aromatic N) is 3. The van der Waals surface area contributed by atoms with Crippen molar-refractivity contribution in [2.75, 3.05) is 13.7 Å². The summed E-state index contributed by atoms with van der Waals surface area (Å²) < 4.78 is 13.8. The highest BCUT2D eigenvalue weighted by Gasteiger charge is 2.16. The van der Waals surface area contributed by atoms with E-state index >= 15 is 0 Å². The standard InChI is InChI=1S/C23H21Br2N3O3/c1-5-9-31-21-12-18(25)15(10-20(21)30-4)13-26-28-22(14(3)6-2)27-19-8-7-16(24)11-17(19)23(28)29/h1,7-8,10-14H,6,9H2,2-4H3/t14-/m1/s1. The molecule has 1 atom stereocenters. The monoisotopic (exact) mass is 545 g/mol. The number of aromatic nitrogens is 2. The van der Waals surface area contributed by atoms with E-state index in [-0.39, 0.29) is 18.1 Å². The summed E-state index contributed by atoms with van der Waals surface area (Å²) in [6.07, 6.45) is 7.69. The Balaban J connectivity index is 2.13. The average Bonchev–Trinajstić information content (AvgIpc) is 2.77. The molecule has 2 aromatic carbocycles. The normalized spacial score (nSPS) is 12.1. The van der Waals surface area contributed by atoms with Crippen LogP contribution in [0, 0.1) is 12.3 Å². The van der Waals surface area contributed by atoms with Crippen LogP contribution in [-0.4, -0.2) is 29.6 Å². The van der Waals surface area contributed by atoms with E-state index in [0.29, 0.717) is 33.8 Å². The maximum absolute atomic E-state index is 13.2. The maximum Gasteiger partial charge on any atom is 0.282 e. The summed E-state index contributed by atoms with van der Waals surface area (Å²) in [5.74, 6) is 4.11.